The Balaban J connectivity index is 1.71. The van der Waals surface area contributed by atoms with E-state index in [4.69, 9.17) is 5.73 Å². The highest BCUT2D eigenvalue weighted by Crippen LogP contribution is 2.25. The Kier molecular flexibility index (Phi) is 3.57. The van der Waals surface area contributed by atoms with Crippen molar-refractivity contribution < 1.29 is 0 Å². The standard InChI is InChI=1S/C18H20N2/c1-14(15-6-3-2-4-7-15)12-20-11-10-17-16(13-20)8-5-9-18(17)19/h2-9H,1,10-13,19H2. The summed E-state index contributed by atoms with van der Waals surface area (Å²) in [5.41, 5.74) is 12.1. The Bertz CT molecular complexity index is 617. The molecule has 3 rings (SSSR count). The molecule has 0 saturated carbocycles. The molecule has 0 radical (unpaired) electrons. The second-order valence-electron chi connectivity index (χ2n) is 5.42. The van der Waals surface area contributed by atoms with Crippen molar-refractivity contribution in [2.75, 3.05) is 18.8 Å². The van der Waals surface area contributed by atoms with Crippen molar-refractivity contribution >= 4 is 11.3 Å². The lowest BCUT2D eigenvalue weighted by Crippen LogP contribution is -2.32. The third-order valence-electron chi connectivity index (χ3n) is 3.98. The highest BCUT2D eigenvalue weighted by atomic mass is 15.1. The SMILES string of the molecule is C=C(CN1CCc2c(N)cccc2C1)c1ccccc1. The summed E-state index contributed by atoms with van der Waals surface area (Å²) in [6, 6.07) is 16.6. The van der Waals surface area contributed by atoms with Crippen LogP contribution < -0.4 is 5.73 Å². The molecule has 0 spiro atoms. The first-order valence-electron chi connectivity index (χ1n) is 7.06. The minimum atomic E-state index is 0.915. The van der Waals surface area contributed by atoms with Crippen molar-refractivity contribution in [3.05, 3.63) is 71.8 Å². The monoisotopic (exact) mass is 264 g/mol. The van der Waals surface area contributed by atoms with Gasteiger partial charge in [0.15, 0.2) is 0 Å². The molecule has 0 unspecified atom stereocenters. The smallest absolute Gasteiger partial charge is 0.0350 e. The van der Waals surface area contributed by atoms with Crippen LogP contribution in [0.25, 0.3) is 5.57 Å². The van der Waals surface area contributed by atoms with Gasteiger partial charge in [-0.15, -0.1) is 0 Å². The third kappa shape index (κ3) is 2.61. The van der Waals surface area contributed by atoms with Crippen LogP contribution in [0.2, 0.25) is 0 Å². The first kappa shape index (κ1) is 12.9. The normalized spacial score (nSPS) is 14.8. The van der Waals surface area contributed by atoms with E-state index in [9.17, 15) is 0 Å². The topological polar surface area (TPSA) is 29.3 Å². The molecule has 0 atom stereocenters. The average Bonchev–Trinajstić information content (AvgIpc) is 2.48. The van der Waals surface area contributed by atoms with Gasteiger partial charge in [0.05, 0.1) is 0 Å². The number of nitrogen functional groups attached to an aromatic ring is 1. The first-order chi connectivity index (χ1) is 9.74. The number of anilines is 1. The maximum absolute atomic E-state index is 6.04. The van der Waals surface area contributed by atoms with Gasteiger partial charge in [-0.3, -0.25) is 4.90 Å². The molecular formula is C18H20N2. The number of hydrogen-bond acceptors (Lipinski definition) is 2. The van der Waals surface area contributed by atoms with E-state index in [1.54, 1.807) is 0 Å². The average molecular weight is 264 g/mol. The highest BCUT2D eigenvalue weighted by molar-refractivity contribution is 5.64. The third-order valence-corrected chi connectivity index (χ3v) is 3.98. The molecule has 0 fully saturated rings. The van der Waals surface area contributed by atoms with Gasteiger partial charge in [0, 0.05) is 25.3 Å². The second-order valence-corrected chi connectivity index (χ2v) is 5.42. The molecule has 0 aliphatic carbocycles. The number of hydrogen-bond donors (Lipinski definition) is 1. The van der Waals surface area contributed by atoms with Crippen molar-refractivity contribution in [3.8, 4) is 0 Å². The van der Waals surface area contributed by atoms with Gasteiger partial charge in [-0.05, 0) is 34.8 Å². The van der Waals surface area contributed by atoms with Gasteiger partial charge in [0.25, 0.3) is 0 Å². The summed E-state index contributed by atoms with van der Waals surface area (Å²) in [6.07, 6.45) is 1.03. The Morgan fingerprint density at radius 3 is 2.70 bits per heavy atom. The van der Waals surface area contributed by atoms with Gasteiger partial charge >= 0.3 is 0 Å². The predicted octanol–water partition coefficient (Wildman–Crippen LogP) is 3.34. The zero-order valence-electron chi connectivity index (χ0n) is 11.7. The van der Waals surface area contributed by atoms with Crippen LogP contribution in [0.5, 0.6) is 0 Å². The van der Waals surface area contributed by atoms with Gasteiger partial charge in [-0.25, -0.2) is 0 Å². The van der Waals surface area contributed by atoms with Crippen molar-refractivity contribution in [2.45, 2.75) is 13.0 Å². The summed E-state index contributed by atoms with van der Waals surface area (Å²) < 4.78 is 0. The number of fused-ring (bicyclic) bond motifs is 1. The summed E-state index contributed by atoms with van der Waals surface area (Å²) >= 11 is 0. The van der Waals surface area contributed by atoms with E-state index in [2.05, 4.69) is 41.8 Å². The summed E-state index contributed by atoms with van der Waals surface area (Å²) in [7, 11) is 0. The summed E-state index contributed by atoms with van der Waals surface area (Å²) in [4.78, 5) is 2.44. The first-order valence-corrected chi connectivity index (χ1v) is 7.06. The predicted molar refractivity (Wildman–Crippen MR) is 85.3 cm³/mol. The lowest BCUT2D eigenvalue weighted by atomic mass is 9.97. The van der Waals surface area contributed by atoms with E-state index in [1.165, 1.54) is 22.3 Å². The fraction of sp³-hybridized carbons (Fsp3) is 0.222. The maximum atomic E-state index is 6.04. The zero-order chi connectivity index (χ0) is 13.9. The van der Waals surface area contributed by atoms with Gasteiger partial charge in [0.2, 0.25) is 0 Å². The number of benzene rings is 2. The molecule has 102 valence electrons. The number of nitrogens with two attached hydrogens (primary N) is 1. The van der Waals surface area contributed by atoms with Crippen LogP contribution in [0.1, 0.15) is 16.7 Å². The van der Waals surface area contributed by atoms with E-state index in [-0.39, 0.29) is 0 Å². The quantitative estimate of drug-likeness (QED) is 0.862. The molecule has 0 bridgehead atoms. The van der Waals surface area contributed by atoms with Gasteiger partial charge < -0.3 is 5.73 Å². The molecule has 0 saturated heterocycles. The van der Waals surface area contributed by atoms with E-state index >= 15 is 0 Å². The Morgan fingerprint density at radius 2 is 1.90 bits per heavy atom. The number of rotatable bonds is 3. The zero-order valence-corrected chi connectivity index (χ0v) is 11.7. The van der Waals surface area contributed by atoms with Gasteiger partial charge in [0.1, 0.15) is 0 Å². The summed E-state index contributed by atoms with van der Waals surface area (Å²) in [5.74, 6) is 0. The molecule has 1 aliphatic rings. The Hall–Kier alpha value is -2.06. The molecule has 2 aromatic carbocycles. The molecule has 2 heteroatoms. The summed E-state index contributed by atoms with van der Waals surface area (Å²) in [6.45, 7) is 7.15. The van der Waals surface area contributed by atoms with Crippen LogP contribution in [0.4, 0.5) is 5.69 Å². The van der Waals surface area contributed by atoms with Crippen LogP contribution >= 0.6 is 0 Å². The highest BCUT2D eigenvalue weighted by Gasteiger charge is 2.18. The molecule has 1 heterocycles. The van der Waals surface area contributed by atoms with Crippen molar-refractivity contribution in [1.82, 2.24) is 4.90 Å². The van der Waals surface area contributed by atoms with Gasteiger partial charge in [-0.2, -0.15) is 0 Å². The van der Waals surface area contributed by atoms with Crippen LogP contribution in [0.15, 0.2) is 55.1 Å². The fourth-order valence-electron chi connectivity index (χ4n) is 2.87. The van der Waals surface area contributed by atoms with E-state index < -0.39 is 0 Å². The molecule has 0 aromatic heterocycles. The molecule has 1 aliphatic heterocycles. The molecule has 2 nitrogen and oxygen atoms in total. The summed E-state index contributed by atoms with van der Waals surface area (Å²) in [5, 5.41) is 0. The maximum Gasteiger partial charge on any atom is 0.0350 e. The lowest BCUT2D eigenvalue weighted by molar-refractivity contribution is 0.286. The van der Waals surface area contributed by atoms with Crippen LogP contribution in [0.3, 0.4) is 0 Å². The van der Waals surface area contributed by atoms with Crippen LogP contribution in [-0.4, -0.2) is 18.0 Å². The number of nitrogens with zero attached hydrogens (tertiary/aromatic N) is 1. The fourth-order valence-corrected chi connectivity index (χ4v) is 2.87. The van der Waals surface area contributed by atoms with E-state index in [0.29, 0.717) is 0 Å². The largest absolute Gasteiger partial charge is 0.398 e. The molecular weight excluding hydrogens is 244 g/mol. The molecule has 0 amide bonds. The van der Waals surface area contributed by atoms with Crippen molar-refractivity contribution in [2.24, 2.45) is 0 Å². The minimum absolute atomic E-state index is 0.915. The van der Waals surface area contributed by atoms with E-state index in [0.717, 1.165) is 31.7 Å². The second kappa shape index (κ2) is 5.51. The van der Waals surface area contributed by atoms with Crippen LogP contribution in [0, 0.1) is 0 Å². The van der Waals surface area contributed by atoms with Crippen LogP contribution in [-0.2, 0) is 13.0 Å². The van der Waals surface area contributed by atoms with Gasteiger partial charge in [-0.1, -0.05) is 49.0 Å². The van der Waals surface area contributed by atoms with Crippen molar-refractivity contribution in [1.29, 1.82) is 0 Å². The minimum Gasteiger partial charge on any atom is -0.398 e. The lowest BCUT2D eigenvalue weighted by Gasteiger charge is -2.30. The Labute approximate surface area is 120 Å². The van der Waals surface area contributed by atoms with Crippen molar-refractivity contribution in [3.63, 3.8) is 0 Å². The molecule has 2 N–H and O–H groups in total. The molecule has 20 heavy (non-hydrogen) atoms. The molecule has 2 aromatic rings. The van der Waals surface area contributed by atoms with E-state index in [1.807, 2.05) is 18.2 Å². The Morgan fingerprint density at radius 1 is 1.10 bits per heavy atom.